The summed E-state index contributed by atoms with van der Waals surface area (Å²) >= 11 is 0. The molecule has 0 atom stereocenters. The summed E-state index contributed by atoms with van der Waals surface area (Å²) in [6.45, 7) is 0.0310. The Bertz CT molecular complexity index is 789. The van der Waals surface area contributed by atoms with Gasteiger partial charge in [0.05, 0.1) is 6.20 Å². The van der Waals surface area contributed by atoms with E-state index in [4.69, 9.17) is 21.9 Å². The number of amides is 1. The molecule has 0 aliphatic heterocycles. The fourth-order valence-electron chi connectivity index (χ4n) is 1.78. The van der Waals surface area contributed by atoms with Crippen molar-refractivity contribution in [3.63, 3.8) is 0 Å². The molecule has 2 rings (SSSR count). The summed E-state index contributed by atoms with van der Waals surface area (Å²) in [5.41, 5.74) is 16.6. The van der Waals surface area contributed by atoms with Crippen LogP contribution >= 0.6 is 0 Å². The summed E-state index contributed by atoms with van der Waals surface area (Å²) in [7, 11) is 0. The van der Waals surface area contributed by atoms with Crippen molar-refractivity contribution in [3.8, 4) is 0 Å². The van der Waals surface area contributed by atoms with E-state index in [1.165, 1.54) is 6.20 Å². The zero-order chi connectivity index (χ0) is 18.2. The maximum absolute atomic E-state index is 11.7. The number of aromatic nitrogens is 2. The molecule has 7 N–H and O–H groups in total. The first-order valence-corrected chi connectivity index (χ1v) is 7.15. The number of benzene rings is 1. The summed E-state index contributed by atoms with van der Waals surface area (Å²) in [5.74, 6) is -1.66. The molecule has 0 fully saturated rings. The van der Waals surface area contributed by atoms with Crippen LogP contribution in [0.4, 0.5) is 11.6 Å². The Kier molecular flexibility index (Phi) is 5.82. The molecular weight excluding hydrogens is 326 g/mol. The maximum atomic E-state index is 11.7. The number of carbonyl (C=O) groups is 2. The van der Waals surface area contributed by atoms with Crippen molar-refractivity contribution >= 4 is 29.5 Å². The quantitative estimate of drug-likeness (QED) is 0.310. The van der Waals surface area contributed by atoms with Crippen LogP contribution in [0, 0.1) is 0 Å². The molecule has 0 bridgehead atoms. The number of nitrogens with one attached hydrogen (secondary N) is 1. The molecule has 0 aliphatic rings. The Labute approximate surface area is 143 Å². The van der Waals surface area contributed by atoms with Crippen molar-refractivity contribution in [2.24, 2.45) is 16.5 Å². The Morgan fingerprint density at radius 3 is 2.56 bits per heavy atom. The average Bonchev–Trinajstić information content (AvgIpc) is 2.58. The molecule has 0 saturated carbocycles. The minimum absolute atomic E-state index is 0.137. The Hall–Kier alpha value is -3.69. The van der Waals surface area contributed by atoms with E-state index in [1.54, 1.807) is 0 Å². The van der Waals surface area contributed by atoms with E-state index in [9.17, 15) is 9.59 Å². The summed E-state index contributed by atoms with van der Waals surface area (Å²) in [6.07, 6.45) is 1.23. The first kappa shape index (κ1) is 17.7. The molecule has 130 valence electrons. The largest absolute Gasteiger partial charge is 0.460 e. The van der Waals surface area contributed by atoms with E-state index < -0.39 is 17.8 Å². The van der Waals surface area contributed by atoms with Gasteiger partial charge in [-0.2, -0.15) is 4.99 Å². The van der Waals surface area contributed by atoms with Crippen molar-refractivity contribution in [2.45, 2.75) is 6.61 Å². The van der Waals surface area contributed by atoms with Crippen molar-refractivity contribution in [1.82, 2.24) is 9.97 Å². The van der Waals surface area contributed by atoms with Crippen LogP contribution in [-0.2, 0) is 16.1 Å². The highest BCUT2D eigenvalue weighted by Crippen LogP contribution is 2.11. The third kappa shape index (κ3) is 5.46. The van der Waals surface area contributed by atoms with Crippen LogP contribution < -0.4 is 22.5 Å². The monoisotopic (exact) mass is 343 g/mol. The van der Waals surface area contributed by atoms with Gasteiger partial charge in [-0.25, -0.2) is 9.97 Å². The number of carbonyl (C=O) groups excluding carboxylic acids is 2. The molecule has 0 saturated heterocycles. The van der Waals surface area contributed by atoms with Gasteiger partial charge in [0.1, 0.15) is 19.0 Å². The van der Waals surface area contributed by atoms with Crippen LogP contribution in [0.2, 0.25) is 0 Å². The second kappa shape index (κ2) is 8.24. The van der Waals surface area contributed by atoms with Crippen LogP contribution in [0.1, 0.15) is 16.1 Å². The number of hydrogen-bond donors (Lipinski definition) is 4. The normalized spacial score (nSPS) is 9.92. The Morgan fingerprint density at radius 1 is 1.20 bits per heavy atom. The number of nitrogens with zero attached hydrogens (tertiary/aromatic N) is 3. The van der Waals surface area contributed by atoms with Gasteiger partial charge >= 0.3 is 11.9 Å². The van der Waals surface area contributed by atoms with E-state index in [0.717, 1.165) is 5.56 Å². The van der Waals surface area contributed by atoms with Gasteiger partial charge < -0.3 is 27.3 Å². The Balaban J connectivity index is 1.88. The van der Waals surface area contributed by atoms with E-state index >= 15 is 0 Å². The van der Waals surface area contributed by atoms with Crippen molar-refractivity contribution in [1.29, 1.82) is 0 Å². The highest BCUT2D eigenvalue weighted by atomic mass is 16.5. The van der Waals surface area contributed by atoms with Gasteiger partial charge in [0.25, 0.3) is 0 Å². The summed E-state index contributed by atoms with van der Waals surface area (Å²) in [5, 5.41) is 2.70. The van der Waals surface area contributed by atoms with Gasteiger partial charge in [-0.05, 0) is 5.56 Å². The van der Waals surface area contributed by atoms with Crippen LogP contribution in [0.3, 0.4) is 0 Å². The molecule has 0 radical (unpaired) electrons. The van der Waals surface area contributed by atoms with Gasteiger partial charge in [0.2, 0.25) is 0 Å². The number of rotatable bonds is 6. The number of nitrogens with two attached hydrogens (primary N) is 3. The standard InChI is InChI=1S/C15H17N7O3/c16-13-12(14(24)22-15(17)18)20-6-10(21-13)19-7-11(23)25-8-9-4-2-1-3-5-9/h1-6H,7-8H2,(H3,16,19,21)(H4,17,18,22,24). The minimum atomic E-state index is -0.807. The molecule has 10 nitrogen and oxygen atoms in total. The number of anilines is 2. The third-order valence-corrected chi connectivity index (χ3v) is 2.89. The molecule has 1 aromatic carbocycles. The lowest BCUT2D eigenvalue weighted by Gasteiger charge is -2.08. The molecule has 25 heavy (non-hydrogen) atoms. The van der Waals surface area contributed by atoms with Gasteiger partial charge in [0.15, 0.2) is 17.5 Å². The number of aliphatic imine (C=N–C) groups is 1. The number of hydrogen-bond acceptors (Lipinski definition) is 7. The van der Waals surface area contributed by atoms with Gasteiger partial charge in [-0.1, -0.05) is 30.3 Å². The summed E-state index contributed by atoms with van der Waals surface area (Å²) < 4.78 is 5.11. The van der Waals surface area contributed by atoms with Gasteiger partial charge in [0, 0.05) is 0 Å². The first-order valence-electron chi connectivity index (χ1n) is 7.15. The zero-order valence-corrected chi connectivity index (χ0v) is 13.2. The summed E-state index contributed by atoms with van der Waals surface area (Å²) in [6, 6.07) is 9.27. The molecule has 1 amide bonds. The predicted molar refractivity (Wildman–Crippen MR) is 91.3 cm³/mol. The Morgan fingerprint density at radius 2 is 1.92 bits per heavy atom. The molecule has 1 heterocycles. The van der Waals surface area contributed by atoms with E-state index in [0.29, 0.717) is 0 Å². The molecule has 0 spiro atoms. The van der Waals surface area contributed by atoms with Crippen LogP contribution in [0.15, 0.2) is 41.5 Å². The number of nitrogen functional groups attached to an aromatic ring is 1. The summed E-state index contributed by atoms with van der Waals surface area (Å²) in [4.78, 5) is 34.4. The molecular formula is C15H17N7O3. The van der Waals surface area contributed by atoms with Gasteiger partial charge in [-0.15, -0.1) is 0 Å². The SMILES string of the molecule is NC(N)=NC(=O)c1ncc(NCC(=O)OCc2ccccc2)nc1N. The molecule has 0 unspecified atom stereocenters. The lowest BCUT2D eigenvalue weighted by atomic mass is 10.2. The molecule has 1 aromatic heterocycles. The lowest BCUT2D eigenvalue weighted by molar-refractivity contribution is -0.142. The maximum Gasteiger partial charge on any atom is 0.325 e. The van der Waals surface area contributed by atoms with E-state index in [2.05, 4.69) is 20.3 Å². The third-order valence-electron chi connectivity index (χ3n) is 2.89. The van der Waals surface area contributed by atoms with Crippen molar-refractivity contribution < 1.29 is 14.3 Å². The number of esters is 1. The second-order valence-electron chi connectivity index (χ2n) is 4.83. The second-order valence-corrected chi connectivity index (χ2v) is 4.83. The first-order chi connectivity index (χ1) is 12.0. The van der Waals surface area contributed by atoms with Crippen LogP contribution in [0.25, 0.3) is 0 Å². The fourth-order valence-corrected chi connectivity index (χ4v) is 1.78. The van der Waals surface area contributed by atoms with Crippen molar-refractivity contribution in [3.05, 3.63) is 47.8 Å². The minimum Gasteiger partial charge on any atom is -0.460 e. The topological polar surface area (TPSA) is 172 Å². The van der Waals surface area contributed by atoms with Crippen LogP contribution in [0.5, 0.6) is 0 Å². The molecule has 10 heteroatoms. The fraction of sp³-hybridized carbons (Fsp3) is 0.133. The highest BCUT2D eigenvalue weighted by molar-refractivity contribution is 6.03. The lowest BCUT2D eigenvalue weighted by Crippen LogP contribution is -2.25. The van der Waals surface area contributed by atoms with E-state index in [1.807, 2.05) is 30.3 Å². The van der Waals surface area contributed by atoms with Gasteiger partial charge in [-0.3, -0.25) is 9.59 Å². The predicted octanol–water partition coefficient (Wildman–Crippen LogP) is -0.372. The molecule has 2 aromatic rings. The van der Waals surface area contributed by atoms with Crippen LogP contribution in [-0.4, -0.2) is 34.3 Å². The van der Waals surface area contributed by atoms with E-state index in [-0.39, 0.29) is 30.5 Å². The van der Waals surface area contributed by atoms with Crippen molar-refractivity contribution in [2.75, 3.05) is 17.6 Å². The number of ether oxygens (including phenoxy) is 1. The number of guanidine groups is 1. The highest BCUT2D eigenvalue weighted by Gasteiger charge is 2.13. The zero-order valence-electron chi connectivity index (χ0n) is 13.2. The average molecular weight is 343 g/mol. The molecule has 0 aliphatic carbocycles. The smallest absolute Gasteiger partial charge is 0.325 e.